The van der Waals surface area contributed by atoms with Gasteiger partial charge in [0, 0.05) is 17.0 Å². The van der Waals surface area contributed by atoms with E-state index in [1.165, 1.54) is 42.5 Å². The number of nitrogens with one attached hydrogen (secondary N) is 1. The van der Waals surface area contributed by atoms with E-state index in [-0.39, 0.29) is 12.1 Å². The Labute approximate surface area is 124 Å². The van der Waals surface area contributed by atoms with Gasteiger partial charge in [0.25, 0.3) is 0 Å². The minimum Gasteiger partial charge on any atom is -0.392 e. The maximum atomic E-state index is 10.2. The molecule has 2 aliphatic rings. The molecular weight excluding hydrogens is 278 g/mol. The molecule has 1 aromatic heterocycles. The van der Waals surface area contributed by atoms with Crippen molar-refractivity contribution in [3.63, 3.8) is 0 Å². The van der Waals surface area contributed by atoms with Crippen molar-refractivity contribution in [1.29, 1.82) is 0 Å². The van der Waals surface area contributed by atoms with E-state index in [1.807, 2.05) is 0 Å². The van der Waals surface area contributed by atoms with Crippen molar-refractivity contribution in [2.75, 3.05) is 0 Å². The van der Waals surface area contributed by atoms with Gasteiger partial charge in [-0.3, -0.25) is 0 Å². The quantitative estimate of drug-likeness (QED) is 0.807. The molecule has 3 rings (SSSR count). The molecule has 3 unspecified atom stereocenters. The molecule has 2 aliphatic carbocycles. The molecule has 0 aliphatic heterocycles. The van der Waals surface area contributed by atoms with Crippen LogP contribution in [0.15, 0.2) is 6.07 Å². The van der Waals surface area contributed by atoms with E-state index in [0.717, 1.165) is 23.6 Å². The van der Waals surface area contributed by atoms with Crippen LogP contribution in [-0.4, -0.2) is 17.3 Å². The Morgan fingerprint density at radius 2 is 2.00 bits per heavy atom. The molecule has 3 atom stereocenters. The molecule has 0 radical (unpaired) electrons. The van der Waals surface area contributed by atoms with Crippen LogP contribution >= 0.6 is 22.9 Å². The van der Waals surface area contributed by atoms with E-state index in [2.05, 4.69) is 11.4 Å². The maximum Gasteiger partial charge on any atom is 0.0934 e. The monoisotopic (exact) mass is 299 g/mol. The van der Waals surface area contributed by atoms with Crippen LogP contribution in [0.2, 0.25) is 4.34 Å². The minimum atomic E-state index is -0.179. The van der Waals surface area contributed by atoms with Gasteiger partial charge in [0.1, 0.15) is 0 Å². The first-order valence-corrected chi connectivity index (χ1v) is 8.65. The van der Waals surface area contributed by atoms with Crippen LogP contribution in [0.1, 0.15) is 61.4 Å². The lowest BCUT2D eigenvalue weighted by molar-refractivity contribution is 0.112. The van der Waals surface area contributed by atoms with Crippen LogP contribution < -0.4 is 5.32 Å². The van der Waals surface area contributed by atoms with Gasteiger partial charge in [-0.25, -0.2) is 0 Å². The molecule has 0 amide bonds. The van der Waals surface area contributed by atoms with E-state index in [0.29, 0.717) is 6.04 Å². The highest BCUT2D eigenvalue weighted by atomic mass is 35.5. The Bertz CT molecular complexity index is 434. The first kappa shape index (κ1) is 13.9. The molecule has 0 spiro atoms. The van der Waals surface area contributed by atoms with Crippen LogP contribution in [0.5, 0.6) is 0 Å². The smallest absolute Gasteiger partial charge is 0.0934 e. The van der Waals surface area contributed by atoms with E-state index < -0.39 is 0 Å². The highest BCUT2D eigenvalue weighted by Gasteiger charge is 2.28. The van der Waals surface area contributed by atoms with Crippen LogP contribution in [0.4, 0.5) is 0 Å². The second-order valence-corrected chi connectivity index (χ2v) is 7.62. The molecule has 2 N–H and O–H groups in total. The lowest BCUT2D eigenvalue weighted by Gasteiger charge is -2.30. The van der Waals surface area contributed by atoms with Crippen molar-refractivity contribution in [2.45, 2.75) is 69.6 Å². The van der Waals surface area contributed by atoms with Gasteiger partial charge < -0.3 is 10.4 Å². The fourth-order valence-corrected chi connectivity index (χ4v) is 4.82. The van der Waals surface area contributed by atoms with Gasteiger partial charge in [-0.2, -0.15) is 0 Å². The summed E-state index contributed by atoms with van der Waals surface area (Å²) in [5.74, 6) is 0. The number of rotatable bonds is 2. The lowest BCUT2D eigenvalue weighted by Crippen LogP contribution is -2.41. The Hall–Kier alpha value is -0.0900. The number of hydrogen-bond donors (Lipinski definition) is 2. The third-order valence-electron chi connectivity index (χ3n) is 4.48. The first-order valence-electron chi connectivity index (χ1n) is 7.46. The predicted molar refractivity (Wildman–Crippen MR) is 81.0 cm³/mol. The Balaban J connectivity index is 1.72. The summed E-state index contributed by atoms with van der Waals surface area (Å²) >= 11 is 7.88. The molecule has 0 aromatic carbocycles. The molecule has 1 saturated carbocycles. The normalized spacial score (nSPS) is 31.8. The molecule has 2 nitrogen and oxygen atoms in total. The largest absolute Gasteiger partial charge is 0.392 e. The van der Waals surface area contributed by atoms with Crippen LogP contribution in [0.3, 0.4) is 0 Å². The average Bonchev–Trinajstić information content (AvgIpc) is 2.66. The lowest BCUT2D eigenvalue weighted by atomic mass is 9.92. The SMILES string of the molecule is OC1CCCCCC1NC1CCCc2sc(Cl)cc21. The minimum absolute atomic E-state index is 0.179. The van der Waals surface area contributed by atoms with Crippen molar-refractivity contribution in [3.05, 3.63) is 20.8 Å². The maximum absolute atomic E-state index is 10.2. The molecule has 1 fully saturated rings. The summed E-state index contributed by atoms with van der Waals surface area (Å²) in [7, 11) is 0. The van der Waals surface area contributed by atoms with Gasteiger partial charge in [-0.1, -0.05) is 30.9 Å². The van der Waals surface area contributed by atoms with Gasteiger partial charge in [-0.05, 0) is 43.7 Å². The topological polar surface area (TPSA) is 32.3 Å². The number of fused-ring (bicyclic) bond motifs is 1. The zero-order chi connectivity index (χ0) is 13.2. The number of aryl methyl sites for hydroxylation is 1. The van der Waals surface area contributed by atoms with E-state index in [9.17, 15) is 5.11 Å². The van der Waals surface area contributed by atoms with E-state index in [1.54, 1.807) is 11.3 Å². The van der Waals surface area contributed by atoms with Crippen molar-refractivity contribution in [1.82, 2.24) is 5.32 Å². The number of halogens is 1. The molecule has 1 heterocycles. The van der Waals surface area contributed by atoms with E-state index >= 15 is 0 Å². The summed E-state index contributed by atoms with van der Waals surface area (Å²) in [5, 5.41) is 14.0. The molecule has 106 valence electrons. The summed E-state index contributed by atoms with van der Waals surface area (Å²) in [6.07, 6.45) is 9.09. The third-order valence-corrected chi connectivity index (χ3v) is 5.82. The summed E-state index contributed by atoms with van der Waals surface area (Å²) in [6.45, 7) is 0. The zero-order valence-electron chi connectivity index (χ0n) is 11.2. The predicted octanol–water partition coefficient (Wildman–Crippen LogP) is 4.06. The molecule has 4 heteroatoms. The number of aliphatic hydroxyl groups is 1. The van der Waals surface area contributed by atoms with Crippen molar-refractivity contribution in [2.24, 2.45) is 0 Å². The van der Waals surface area contributed by atoms with Gasteiger partial charge in [0.05, 0.1) is 10.4 Å². The zero-order valence-corrected chi connectivity index (χ0v) is 12.8. The highest BCUT2D eigenvalue weighted by molar-refractivity contribution is 7.16. The van der Waals surface area contributed by atoms with Crippen LogP contribution in [-0.2, 0) is 6.42 Å². The fraction of sp³-hybridized carbons (Fsp3) is 0.733. The standard InChI is InChI=1S/C15H22ClNOS/c16-15-9-10-11(6-4-8-14(10)19-15)17-12-5-2-1-3-7-13(12)18/h9,11-13,17-18H,1-8H2. The average molecular weight is 300 g/mol. The second-order valence-electron chi connectivity index (χ2n) is 5.85. The summed E-state index contributed by atoms with van der Waals surface area (Å²) in [5.41, 5.74) is 1.39. The summed E-state index contributed by atoms with van der Waals surface area (Å²) < 4.78 is 0.903. The first-order chi connectivity index (χ1) is 9.24. The van der Waals surface area contributed by atoms with Gasteiger partial charge >= 0.3 is 0 Å². The fourth-order valence-electron chi connectivity index (χ4n) is 3.44. The van der Waals surface area contributed by atoms with Crippen molar-refractivity contribution < 1.29 is 5.11 Å². The Morgan fingerprint density at radius 1 is 1.16 bits per heavy atom. The molecular formula is C15H22ClNOS. The number of hydrogen-bond acceptors (Lipinski definition) is 3. The van der Waals surface area contributed by atoms with E-state index in [4.69, 9.17) is 11.6 Å². The molecule has 0 bridgehead atoms. The van der Waals surface area contributed by atoms with Crippen molar-refractivity contribution >= 4 is 22.9 Å². The molecule has 19 heavy (non-hydrogen) atoms. The summed E-state index contributed by atoms with van der Waals surface area (Å²) in [6, 6.07) is 2.78. The highest BCUT2D eigenvalue weighted by Crippen LogP contribution is 2.38. The number of aliphatic hydroxyl groups excluding tert-OH is 1. The molecule has 1 aromatic rings. The van der Waals surface area contributed by atoms with Crippen LogP contribution in [0.25, 0.3) is 0 Å². The summed E-state index contributed by atoms with van der Waals surface area (Å²) in [4.78, 5) is 1.44. The third kappa shape index (κ3) is 3.15. The Morgan fingerprint density at radius 3 is 2.89 bits per heavy atom. The van der Waals surface area contributed by atoms with Gasteiger partial charge in [0.2, 0.25) is 0 Å². The van der Waals surface area contributed by atoms with Crippen LogP contribution in [0, 0.1) is 0 Å². The van der Waals surface area contributed by atoms with Crippen molar-refractivity contribution in [3.8, 4) is 0 Å². The van der Waals surface area contributed by atoms with Gasteiger partial charge in [-0.15, -0.1) is 11.3 Å². The second kappa shape index (κ2) is 6.13. The Kier molecular flexibility index (Phi) is 4.47. The number of thiophene rings is 1. The van der Waals surface area contributed by atoms with Gasteiger partial charge in [0.15, 0.2) is 0 Å². The molecule has 0 saturated heterocycles.